The molecule has 1 atom stereocenters. The summed E-state index contributed by atoms with van der Waals surface area (Å²) in [6.07, 6.45) is -4.50. The minimum absolute atomic E-state index is 0.0799. The zero-order chi connectivity index (χ0) is 10.3. The van der Waals surface area contributed by atoms with Gasteiger partial charge in [0.15, 0.2) is 0 Å². The van der Waals surface area contributed by atoms with Gasteiger partial charge in [-0.2, -0.15) is 0 Å². The lowest BCUT2D eigenvalue weighted by Gasteiger charge is -2.10. The number of aliphatic hydroxyl groups is 1. The van der Waals surface area contributed by atoms with Crippen molar-refractivity contribution >= 4 is 0 Å². The molecule has 13 heavy (non-hydrogen) atoms. The van der Waals surface area contributed by atoms with Gasteiger partial charge in [-0.15, -0.1) is 13.2 Å². The largest absolute Gasteiger partial charge is 0.522 e. The minimum atomic E-state index is -4.56. The molecule has 0 aliphatic heterocycles. The SMILES string of the molecule is CCC(O)CNCCOC(F)(F)F. The Morgan fingerprint density at radius 2 is 2.08 bits per heavy atom. The molecular formula is C7H14F3NO2. The number of aliphatic hydroxyl groups excluding tert-OH is 1. The normalized spacial score (nSPS) is 14.5. The number of ether oxygens (including phenoxy) is 1. The summed E-state index contributed by atoms with van der Waals surface area (Å²) in [4.78, 5) is 0. The highest BCUT2D eigenvalue weighted by molar-refractivity contribution is 4.55. The van der Waals surface area contributed by atoms with Crippen LogP contribution in [0.3, 0.4) is 0 Å². The van der Waals surface area contributed by atoms with Gasteiger partial charge in [-0.05, 0) is 6.42 Å². The molecule has 0 heterocycles. The van der Waals surface area contributed by atoms with E-state index in [0.717, 1.165) is 0 Å². The van der Waals surface area contributed by atoms with E-state index in [0.29, 0.717) is 6.42 Å². The molecule has 2 N–H and O–H groups in total. The molecule has 0 aromatic carbocycles. The summed E-state index contributed by atoms with van der Waals surface area (Å²) in [6, 6.07) is 0. The summed E-state index contributed by atoms with van der Waals surface area (Å²) in [5, 5.41) is 11.6. The first kappa shape index (κ1) is 12.7. The van der Waals surface area contributed by atoms with Crippen LogP contribution in [0.2, 0.25) is 0 Å². The summed E-state index contributed by atoms with van der Waals surface area (Å²) in [7, 11) is 0. The third kappa shape index (κ3) is 9.59. The van der Waals surface area contributed by atoms with E-state index in [1.807, 2.05) is 0 Å². The van der Waals surface area contributed by atoms with E-state index in [9.17, 15) is 13.2 Å². The molecule has 0 saturated heterocycles. The highest BCUT2D eigenvalue weighted by Crippen LogP contribution is 2.14. The molecule has 3 nitrogen and oxygen atoms in total. The van der Waals surface area contributed by atoms with Crippen molar-refractivity contribution in [3.05, 3.63) is 0 Å². The first-order valence-electron chi connectivity index (χ1n) is 4.05. The fourth-order valence-electron chi connectivity index (χ4n) is 0.652. The lowest BCUT2D eigenvalue weighted by molar-refractivity contribution is -0.323. The van der Waals surface area contributed by atoms with Crippen LogP contribution in [0.1, 0.15) is 13.3 Å². The summed E-state index contributed by atoms with van der Waals surface area (Å²) in [5.74, 6) is 0. The number of nitrogens with one attached hydrogen (secondary N) is 1. The van der Waals surface area contributed by atoms with E-state index in [1.54, 1.807) is 6.92 Å². The zero-order valence-electron chi connectivity index (χ0n) is 7.40. The number of rotatable bonds is 6. The van der Waals surface area contributed by atoms with E-state index >= 15 is 0 Å². The lowest BCUT2D eigenvalue weighted by Crippen LogP contribution is -2.30. The topological polar surface area (TPSA) is 41.5 Å². The summed E-state index contributed by atoms with van der Waals surface area (Å²) in [6.45, 7) is 1.73. The van der Waals surface area contributed by atoms with Crippen LogP contribution < -0.4 is 5.32 Å². The van der Waals surface area contributed by atoms with Gasteiger partial charge in [0, 0.05) is 13.1 Å². The predicted octanol–water partition coefficient (Wildman–Crippen LogP) is 0.883. The first-order chi connectivity index (χ1) is 5.95. The molecule has 6 heteroatoms. The van der Waals surface area contributed by atoms with Gasteiger partial charge < -0.3 is 10.4 Å². The quantitative estimate of drug-likeness (QED) is 0.627. The maximum Gasteiger partial charge on any atom is 0.522 e. The summed E-state index contributed by atoms with van der Waals surface area (Å²) in [5.41, 5.74) is 0. The molecule has 0 rings (SSSR count). The molecule has 0 aromatic rings. The Labute approximate surface area is 74.9 Å². The van der Waals surface area contributed by atoms with Crippen molar-refractivity contribution < 1.29 is 23.0 Å². The van der Waals surface area contributed by atoms with Gasteiger partial charge in [0.1, 0.15) is 0 Å². The van der Waals surface area contributed by atoms with Crippen molar-refractivity contribution in [1.82, 2.24) is 5.32 Å². The molecular weight excluding hydrogens is 187 g/mol. The average molecular weight is 201 g/mol. The Bertz CT molecular complexity index is 129. The van der Waals surface area contributed by atoms with Crippen LogP contribution in [-0.4, -0.2) is 37.3 Å². The molecule has 0 saturated carbocycles. The van der Waals surface area contributed by atoms with Gasteiger partial charge in [-0.25, -0.2) is 0 Å². The lowest BCUT2D eigenvalue weighted by atomic mass is 10.3. The zero-order valence-corrected chi connectivity index (χ0v) is 7.40. The minimum Gasteiger partial charge on any atom is -0.392 e. The first-order valence-corrected chi connectivity index (χ1v) is 4.05. The number of hydrogen-bond acceptors (Lipinski definition) is 3. The van der Waals surface area contributed by atoms with Crippen LogP contribution in [0.5, 0.6) is 0 Å². The fourth-order valence-corrected chi connectivity index (χ4v) is 0.652. The Morgan fingerprint density at radius 1 is 1.46 bits per heavy atom. The second kappa shape index (κ2) is 6.17. The van der Waals surface area contributed by atoms with Gasteiger partial charge in [0.05, 0.1) is 12.7 Å². The van der Waals surface area contributed by atoms with Crippen LogP contribution in [0.4, 0.5) is 13.2 Å². The van der Waals surface area contributed by atoms with Gasteiger partial charge in [0.25, 0.3) is 0 Å². The molecule has 0 bridgehead atoms. The van der Waals surface area contributed by atoms with E-state index < -0.39 is 19.1 Å². The van der Waals surface area contributed by atoms with Crippen molar-refractivity contribution in [2.24, 2.45) is 0 Å². The Morgan fingerprint density at radius 3 is 2.54 bits per heavy atom. The van der Waals surface area contributed by atoms with Crippen LogP contribution >= 0.6 is 0 Å². The third-order valence-corrected chi connectivity index (χ3v) is 1.40. The van der Waals surface area contributed by atoms with Crippen molar-refractivity contribution in [3.8, 4) is 0 Å². The van der Waals surface area contributed by atoms with Crippen molar-refractivity contribution in [1.29, 1.82) is 0 Å². The number of alkyl halides is 3. The molecule has 0 aromatic heterocycles. The molecule has 1 unspecified atom stereocenters. The van der Waals surface area contributed by atoms with Crippen LogP contribution in [0.25, 0.3) is 0 Å². The smallest absolute Gasteiger partial charge is 0.392 e. The van der Waals surface area contributed by atoms with Crippen LogP contribution in [0.15, 0.2) is 0 Å². The van der Waals surface area contributed by atoms with Crippen LogP contribution in [0, 0.1) is 0 Å². The molecule has 0 fully saturated rings. The standard InChI is InChI=1S/C7H14F3NO2/c1-2-6(12)5-11-3-4-13-7(8,9)10/h6,11-12H,2-5H2,1H3. The molecule has 0 amide bonds. The van der Waals surface area contributed by atoms with E-state index in [2.05, 4.69) is 10.1 Å². The summed E-state index contributed by atoms with van der Waals surface area (Å²) >= 11 is 0. The second-order valence-corrected chi connectivity index (χ2v) is 2.56. The Hall–Kier alpha value is -0.330. The maximum atomic E-state index is 11.4. The van der Waals surface area contributed by atoms with Gasteiger partial charge >= 0.3 is 6.36 Å². The van der Waals surface area contributed by atoms with Crippen molar-refractivity contribution in [2.75, 3.05) is 19.7 Å². The Balaban J connectivity index is 3.18. The van der Waals surface area contributed by atoms with E-state index in [-0.39, 0.29) is 13.1 Å². The highest BCUT2D eigenvalue weighted by atomic mass is 19.4. The predicted molar refractivity (Wildman–Crippen MR) is 41.2 cm³/mol. The van der Waals surface area contributed by atoms with Crippen LogP contribution in [-0.2, 0) is 4.74 Å². The fraction of sp³-hybridized carbons (Fsp3) is 1.00. The molecule has 80 valence electrons. The van der Waals surface area contributed by atoms with Crippen molar-refractivity contribution in [3.63, 3.8) is 0 Å². The van der Waals surface area contributed by atoms with E-state index in [1.165, 1.54) is 0 Å². The molecule has 0 spiro atoms. The van der Waals surface area contributed by atoms with Gasteiger partial charge in [-0.3, -0.25) is 4.74 Å². The van der Waals surface area contributed by atoms with Gasteiger partial charge in [0.2, 0.25) is 0 Å². The van der Waals surface area contributed by atoms with Crippen molar-refractivity contribution in [2.45, 2.75) is 25.8 Å². The highest BCUT2D eigenvalue weighted by Gasteiger charge is 2.28. The molecule has 0 radical (unpaired) electrons. The summed E-state index contributed by atoms with van der Waals surface area (Å²) < 4.78 is 37.7. The molecule has 0 aliphatic carbocycles. The Kier molecular flexibility index (Phi) is 6.02. The maximum absolute atomic E-state index is 11.4. The van der Waals surface area contributed by atoms with E-state index in [4.69, 9.17) is 5.11 Å². The van der Waals surface area contributed by atoms with Gasteiger partial charge in [-0.1, -0.05) is 6.92 Å². The number of halogens is 3. The number of hydrogen-bond donors (Lipinski definition) is 2. The molecule has 0 aliphatic rings. The monoisotopic (exact) mass is 201 g/mol. The average Bonchev–Trinajstić information content (AvgIpc) is 2.01. The third-order valence-electron chi connectivity index (χ3n) is 1.40. The second-order valence-electron chi connectivity index (χ2n) is 2.56.